The lowest BCUT2D eigenvalue weighted by Gasteiger charge is -2.13. The molecule has 1 aromatic heterocycles. The van der Waals surface area contributed by atoms with Crippen LogP contribution in [0, 0.1) is 3.57 Å². The second-order valence-corrected chi connectivity index (χ2v) is 4.79. The Kier molecular flexibility index (Phi) is 3.96. The lowest BCUT2D eigenvalue weighted by Crippen LogP contribution is -2.04. The van der Waals surface area contributed by atoms with Crippen LogP contribution in [0.15, 0.2) is 42.6 Å². The average Bonchev–Trinajstić information content (AvgIpc) is 2.38. The number of ether oxygens (including phenoxy) is 1. The Morgan fingerprint density at radius 2 is 2.12 bits per heavy atom. The summed E-state index contributed by atoms with van der Waals surface area (Å²) in [6.07, 6.45) is 0.885. The molecule has 0 saturated carbocycles. The summed E-state index contributed by atoms with van der Waals surface area (Å²) >= 11 is 2.21. The molecule has 0 aliphatic rings. The van der Waals surface area contributed by atoms with E-state index in [4.69, 9.17) is 4.74 Å². The molecule has 0 saturated heterocycles. The van der Waals surface area contributed by atoms with Gasteiger partial charge in [0.2, 0.25) is 0 Å². The minimum atomic E-state index is -0.763. The highest BCUT2D eigenvalue weighted by molar-refractivity contribution is 14.1. The molecule has 4 heteroatoms. The summed E-state index contributed by atoms with van der Waals surface area (Å²) in [6, 6.07) is 11.3. The topological polar surface area (TPSA) is 42.4 Å². The van der Waals surface area contributed by atoms with E-state index in [9.17, 15) is 5.11 Å². The van der Waals surface area contributed by atoms with Crippen LogP contribution in [0.4, 0.5) is 0 Å². The van der Waals surface area contributed by atoms with Gasteiger partial charge >= 0.3 is 0 Å². The van der Waals surface area contributed by atoms with Crippen molar-refractivity contribution in [2.45, 2.75) is 6.10 Å². The van der Waals surface area contributed by atoms with E-state index in [1.54, 1.807) is 25.4 Å². The number of aromatic nitrogens is 1. The van der Waals surface area contributed by atoms with Crippen LogP contribution in [0.25, 0.3) is 0 Å². The van der Waals surface area contributed by atoms with E-state index in [-0.39, 0.29) is 0 Å². The van der Waals surface area contributed by atoms with Gasteiger partial charge in [0, 0.05) is 9.77 Å². The molecule has 2 aromatic rings. The molecular weight excluding hydrogens is 329 g/mol. The number of aliphatic hydroxyl groups is 1. The van der Waals surface area contributed by atoms with Crippen molar-refractivity contribution in [3.8, 4) is 5.75 Å². The number of pyridine rings is 1. The van der Waals surface area contributed by atoms with E-state index >= 15 is 0 Å². The third-order valence-electron chi connectivity index (χ3n) is 2.44. The summed E-state index contributed by atoms with van der Waals surface area (Å²) in [6.45, 7) is 0. The van der Waals surface area contributed by atoms with Crippen molar-refractivity contribution in [3.05, 3.63) is 57.4 Å². The third-order valence-corrected chi connectivity index (χ3v) is 3.11. The largest absolute Gasteiger partial charge is 0.495 e. The summed E-state index contributed by atoms with van der Waals surface area (Å²) < 4.78 is 6.27. The van der Waals surface area contributed by atoms with Crippen molar-refractivity contribution in [3.63, 3.8) is 0 Å². The first-order chi connectivity index (χ1) is 8.22. The van der Waals surface area contributed by atoms with E-state index in [0.717, 1.165) is 9.13 Å². The highest BCUT2D eigenvalue weighted by atomic mass is 127. The number of hydrogen-bond acceptors (Lipinski definition) is 3. The van der Waals surface area contributed by atoms with E-state index in [0.29, 0.717) is 11.4 Å². The highest BCUT2D eigenvalue weighted by Crippen LogP contribution is 2.28. The van der Waals surface area contributed by atoms with Crippen molar-refractivity contribution >= 4 is 22.6 Å². The Bertz CT molecular complexity index is 516. The summed E-state index contributed by atoms with van der Waals surface area (Å²) in [4.78, 5) is 4.18. The van der Waals surface area contributed by atoms with E-state index in [1.807, 2.05) is 24.3 Å². The normalized spacial score (nSPS) is 12.2. The number of rotatable bonds is 3. The van der Waals surface area contributed by atoms with Gasteiger partial charge in [0.25, 0.3) is 0 Å². The Labute approximate surface area is 114 Å². The Balaban J connectivity index is 2.40. The number of nitrogens with zero attached hydrogens (tertiary/aromatic N) is 1. The molecule has 1 N–H and O–H groups in total. The first-order valence-corrected chi connectivity index (χ1v) is 6.22. The molecule has 1 aromatic carbocycles. The average molecular weight is 341 g/mol. The summed E-state index contributed by atoms with van der Waals surface area (Å²) in [5, 5.41) is 10.3. The minimum Gasteiger partial charge on any atom is -0.495 e. The number of hydrogen-bond donors (Lipinski definition) is 1. The monoisotopic (exact) mass is 341 g/mol. The predicted octanol–water partition coefficient (Wildman–Crippen LogP) is 2.78. The number of halogens is 1. The number of aliphatic hydroxyl groups excluding tert-OH is 1. The van der Waals surface area contributed by atoms with Gasteiger partial charge in [0.1, 0.15) is 17.5 Å². The van der Waals surface area contributed by atoms with Gasteiger partial charge in [-0.05, 0) is 52.4 Å². The van der Waals surface area contributed by atoms with E-state index in [1.165, 1.54) is 0 Å². The molecule has 3 nitrogen and oxygen atoms in total. The quantitative estimate of drug-likeness (QED) is 0.873. The Morgan fingerprint density at radius 3 is 2.82 bits per heavy atom. The molecule has 0 amide bonds. The van der Waals surface area contributed by atoms with Crippen molar-refractivity contribution in [2.75, 3.05) is 7.11 Å². The van der Waals surface area contributed by atoms with E-state index in [2.05, 4.69) is 27.6 Å². The highest BCUT2D eigenvalue weighted by Gasteiger charge is 2.16. The van der Waals surface area contributed by atoms with Crippen LogP contribution >= 0.6 is 22.6 Å². The van der Waals surface area contributed by atoms with Crippen LogP contribution in [0.5, 0.6) is 5.75 Å². The van der Waals surface area contributed by atoms with Gasteiger partial charge in [0.05, 0.1) is 7.11 Å². The Morgan fingerprint density at radius 1 is 1.29 bits per heavy atom. The van der Waals surface area contributed by atoms with Gasteiger partial charge in [-0.15, -0.1) is 0 Å². The zero-order valence-corrected chi connectivity index (χ0v) is 11.5. The van der Waals surface area contributed by atoms with Crippen LogP contribution in [-0.2, 0) is 0 Å². The van der Waals surface area contributed by atoms with Crippen LogP contribution in [0.3, 0.4) is 0 Å². The minimum absolute atomic E-state index is 0.539. The van der Waals surface area contributed by atoms with Crippen LogP contribution in [-0.4, -0.2) is 17.2 Å². The second kappa shape index (κ2) is 5.46. The molecule has 2 rings (SSSR count). The first-order valence-electron chi connectivity index (χ1n) is 5.15. The van der Waals surface area contributed by atoms with Gasteiger partial charge in [-0.1, -0.05) is 12.1 Å². The molecule has 1 unspecified atom stereocenters. The standard InChI is InChI=1S/C13H12INO2/c1-17-11-6-3-7-15-12(11)13(16)9-4-2-5-10(14)8-9/h2-8,13,16H,1H3. The second-order valence-electron chi connectivity index (χ2n) is 3.55. The van der Waals surface area contributed by atoms with E-state index < -0.39 is 6.10 Å². The van der Waals surface area contributed by atoms with Crippen LogP contribution in [0.2, 0.25) is 0 Å². The molecule has 0 aliphatic carbocycles. The maximum absolute atomic E-state index is 10.3. The van der Waals surface area contributed by atoms with Crippen molar-refractivity contribution < 1.29 is 9.84 Å². The molecule has 1 heterocycles. The molecule has 1 atom stereocenters. The SMILES string of the molecule is COc1cccnc1C(O)c1cccc(I)c1. The van der Waals surface area contributed by atoms with Gasteiger partial charge in [-0.3, -0.25) is 4.98 Å². The molecule has 0 aliphatic heterocycles. The maximum atomic E-state index is 10.3. The molecule has 88 valence electrons. The summed E-state index contributed by atoms with van der Waals surface area (Å²) in [5.74, 6) is 0.596. The molecular formula is C13H12INO2. The first kappa shape index (κ1) is 12.3. The predicted molar refractivity (Wildman–Crippen MR) is 74.0 cm³/mol. The molecule has 0 fully saturated rings. The molecule has 0 bridgehead atoms. The fourth-order valence-corrected chi connectivity index (χ4v) is 2.18. The number of methoxy groups -OCH3 is 1. The van der Waals surface area contributed by atoms with Gasteiger partial charge in [-0.2, -0.15) is 0 Å². The lowest BCUT2D eigenvalue weighted by atomic mass is 10.1. The lowest BCUT2D eigenvalue weighted by molar-refractivity contribution is 0.209. The van der Waals surface area contributed by atoms with Crippen LogP contribution in [0.1, 0.15) is 17.4 Å². The number of benzene rings is 1. The molecule has 0 radical (unpaired) electrons. The summed E-state index contributed by atoms with van der Waals surface area (Å²) in [7, 11) is 1.57. The van der Waals surface area contributed by atoms with Gasteiger partial charge < -0.3 is 9.84 Å². The van der Waals surface area contributed by atoms with Gasteiger partial charge in [-0.25, -0.2) is 0 Å². The smallest absolute Gasteiger partial charge is 0.143 e. The third kappa shape index (κ3) is 2.76. The zero-order valence-electron chi connectivity index (χ0n) is 9.30. The van der Waals surface area contributed by atoms with Crippen molar-refractivity contribution in [1.29, 1.82) is 0 Å². The van der Waals surface area contributed by atoms with Gasteiger partial charge in [0.15, 0.2) is 0 Å². The van der Waals surface area contributed by atoms with Crippen LogP contribution < -0.4 is 4.74 Å². The Hall–Kier alpha value is -1.14. The maximum Gasteiger partial charge on any atom is 0.143 e. The van der Waals surface area contributed by atoms with Crippen molar-refractivity contribution in [1.82, 2.24) is 4.98 Å². The van der Waals surface area contributed by atoms with Crippen molar-refractivity contribution in [2.24, 2.45) is 0 Å². The fraction of sp³-hybridized carbons (Fsp3) is 0.154. The summed E-state index contributed by atoms with van der Waals surface area (Å²) in [5.41, 5.74) is 1.35. The fourth-order valence-electron chi connectivity index (χ4n) is 1.62. The zero-order chi connectivity index (χ0) is 12.3. The molecule has 17 heavy (non-hydrogen) atoms. The molecule has 0 spiro atoms.